The highest BCUT2D eigenvalue weighted by Crippen LogP contribution is 2.62. The van der Waals surface area contributed by atoms with Crippen LogP contribution in [0.1, 0.15) is 50.4 Å². The van der Waals surface area contributed by atoms with Crippen molar-refractivity contribution in [3.63, 3.8) is 0 Å². The van der Waals surface area contributed by atoms with Crippen LogP contribution in [0, 0.1) is 16.7 Å². The summed E-state index contributed by atoms with van der Waals surface area (Å²) < 4.78 is 32.7. The number of morpholine rings is 1. The van der Waals surface area contributed by atoms with Gasteiger partial charge < -0.3 is 15.8 Å². The van der Waals surface area contributed by atoms with E-state index in [1.165, 1.54) is 22.9 Å². The number of carbonyl (C=O) groups excluding carboxylic acids is 1. The number of nitrogens with one attached hydrogen (secondary N) is 1. The van der Waals surface area contributed by atoms with Crippen molar-refractivity contribution in [2.45, 2.75) is 51.0 Å². The summed E-state index contributed by atoms with van der Waals surface area (Å²) in [6, 6.07) is 4.59. The van der Waals surface area contributed by atoms with Crippen LogP contribution in [0.3, 0.4) is 0 Å². The van der Waals surface area contributed by atoms with E-state index in [1.807, 2.05) is 0 Å². The van der Waals surface area contributed by atoms with Gasteiger partial charge in [-0.2, -0.15) is 4.31 Å². The Morgan fingerprint density at radius 2 is 1.93 bits per heavy atom. The first-order valence-corrected chi connectivity index (χ1v) is 11.8. The summed E-state index contributed by atoms with van der Waals surface area (Å²) in [6.45, 7) is 7.99. The molecule has 0 spiro atoms. The molecule has 2 aliphatic carbocycles. The molecule has 160 valence electrons. The van der Waals surface area contributed by atoms with E-state index in [0.29, 0.717) is 24.7 Å². The largest absolute Gasteiger partial charge is 0.398 e. The summed E-state index contributed by atoms with van der Waals surface area (Å²) in [5, 5.41) is 3.23. The molecule has 3 atom stereocenters. The maximum Gasteiger partial charge on any atom is 0.251 e. The molecule has 3 aliphatic rings. The average Bonchev–Trinajstić information content (AvgIpc) is 3.17. The Labute approximate surface area is 173 Å². The van der Waals surface area contributed by atoms with Crippen molar-refractivity contribution in [1.29, 1.82) is 0 Å². The highest BCUT2D eigenvalue weighted by molar-refractivity contribution is 7.89. The van der Waals surface area contributed by atoms with Gasteiger partial charge in [0, 0.05) is 24.7 Å². The van der Waals surface area contributed by atoms with E-state index < -0.39 is 10.0 Å². The predicted octanol–water partition coefficient (Wildman–Crippen LogP) is 2.23. The summed E-state index contributed by atoms with van der Waals surface area (Å²) in [7, 11) is -3.77. The van der Waals surface area contributed by atoms with E-state index in [4.69, 9.17) is 10.5 Å². The molecule has 0 aromatic heterocycles. The van der Waals surface area contributed by atoms with E-state index in [-0.39, 0.29) is 46.5 Å². The fourth-order valence-corrected chi connectivity index (χ4v) is 7.25. The molecule has 1 aliphatic heterocycles. The SMILES string of the molecule is CC1(C)C(NC(=O)c2ccc(N)c(S(=O)(=O)N3CCOCC3)c2)[C@@]2(C)CC[C@H]1C2. The van der Waals surface area contributed by atoms with Crippen LogP contribution >= 0.6 is 0 Å². The van der Waals surface area contributed by atoms with Gasteiger partial charge >= 0.3 is 0 Å². The first-order valence-electron chi connectivity index (χ1n) is 10.3. The van der Waals surface area contributed by atoms with Gasteiger partial charge in [-0.15, -0.1) is 0 Å². The van der Waals surface area contributed by atoms with Gasteiger partial charge in [0.15, 0.2) is 0 Å². The number of nitrogen functional groups attached to an aromatic ring is 1. The second kappa shape index (κ2) is 6.96. The molecule has 3 N–H and O–H groups in total. The van der Waals surface area contributed by atoms with Crippen LogP contribution in [-0.4, -0.2) is 51.0 Å². The Kier molecular flexibility index (Phi) is 4.95. The van der Waals surface area contributed by atoms with Crippen molar-refractivity contribution in [3.05, 3.63) is 23.8 Å². The van der Waals surface area contributed by atoms with Gasteiger partial charge in [0.05, 0.1) is 18.9 Å². The Bertz CT molecular complexity index is 919. The average molecular weight is 422 g/mol. The number of hydrogen-bond donors (Lipinski definition) is 2. The number of sulfonamides is 1. The summed E-state index contributed by atoms with van der Waals surface area (Å²) in [5.74, 6) is 0.372. The molecule has 1 heterocycles. The van der Waals surface area contributed by atoms with Gasteiger partial charge in [0.1, 0.15) is 4.90 Å². The Morgan fingerprint density at radius 1 is 1.24 bits per heavy atom. The van der Waals surface area contributed by atoms with E-state index in [2.05, 4.69) is 26.1 Å². The fourth-order valence-electron chi connectivity index (χ4n) is 5.70. The molecule has 4 rings (SSSR count). The zero-order valence-corrected chi connectivity index (χ0v) is 18.2. The van der Waals surface area contributed by atoms with Crippen LogP contribution < -0.4 is 11.1 Å². The van der Waals surface area contributed by atoms with Crippen LogP contribution in [0.5, 0.6) is 0 Å². The van der Waals surface area contributed by atoms with Crippen molar-refractivity contribution in [2.24, 2.45) is 16.7 Å². The molecule has 2 bridgehead atoms. The molecule has 29 heavy (non-hydrogen) atoms. The molecule has 8 heteroatoms. The third kappa shape index (κ3) is 3.35. The number of ether oxygens (including phenoxy) is 1. The number of nitrogens with zero attached hydrogens (tertiary/aromatic N) is 1. The van der Waals surface area contributed by atoms with E-state index >= 15 is 0 Å². The lowest BCUT2D eigenvalue weighted by Crippen LogP contribution is -2.52. The van der Waals surface area contributed by atoms with Crippen molar-refractivity contribution >= 4 is 21.6 Å². The van der Waals surface area contributed by atoms with Crippen molar-refractivity contribution < 1.29 is 17.9 Å². The first-order chi connectivity index (χ1) is 13.6. The lowest BCUT2D eigenvalue weighted by atomic mass is 9.68. The number of hydrogen-bond acceptors (Lipinski definition) is 5. The van der Waals surface area contributed by atoms with Gasteiger partial charge in [0.2, 0.25) is 10.0 Å². The first kappa shape index (κ1) is 20.6. The standard InChI is InChI=1S/C21H31N3O4S/c1-20(2)15-6-7-21(3,13-15)19(20)23-18(25)14-4-5-16(22)17(12-14)29(26,27)24-8-10-28-11-9-24/h4-5,12,15,19H,6-11,13,22H2,1-3H3,(H,23,25)/t15-,19?,21-/m0/s1. The number of amides is 1. The minimum absolute atomic E-state index is 0.00883. The molecule has 1 aromatic carbocycles. The number of fused-ring (bicyclic) bond motifs is 2. The molecular formula is C21H31N3O4S. The third-order valence-electron chi connectivity index (χ3n) is 7.41. The van der Waals surface area contributed by atoms with Gasteiger partial charge in [-0.1, -0.05) is 20.8 Å². The highest BCUT2D eigenvalue weighted by atomic mass is 32.2. The monoisotopic (exact) mass is 421 g/mol. The van der Waals surface area contributed by atoms with Gasteiger partial charge in [-0.05, 0) is 54.2 Å². The van der Waals surface area contributed by atoms with E-state index in [1.54, 1.807) is 6.07 Å². The summed E-state index contributed by atoms with van der Waals surface area (Å²) in [4.78, 5) is 13.1. The quantitative estimate of drug-likeness (QED) is 0.726. The Morgan fingerprint density at radius 3 is 2.55 bits per heavy atom. The van der Waals surface area contributed by atoms with Crippen LogP contribution in [0.4, 0.5) is 5.69 Å². The number of anilines is 1. The smallest absolute Gasteiger partial charge is 0.251 e. The second-order valence-corrected chi connectivity index (χ2v) is 11.5. The van der Waals surface area contributed by atoms with Gasteiger partial charge in [-0.25, -0.2) is 8.42 Å². The second-order valence-electron chi connectivity index (χ2n) is 9.59. The number of carbonyl (C=O) groups is 1. The molecular weight excluding hydrogens is 390 g/mol. The lowest BCUT2D eigenvalue weighted by Gasteiger charge is -2.43. The molecule has 1 aromatic rings. The lowest BCUT2D eigenvalue weighted by molar-refractivity contribution is 0.0729. The molecule has 0 radical (unpaired) electrons. The van der Waals surface area contributed by atoms with Crippen LogP contribution in [0.2, 0.25) is 0 Å². The van der Waals surface area contributed by atoms with Crippen LogP contribution in [0.25, 0.3) is 0 Å². The summed E-state index contributed by atoms with van der Waals surface area (Å²) in [5.41, 5.74) is 6.60. The normalized spacial score (nSPS) is 31.7. The molecule has 2 saturated carbocycles. The fraction of sp³-hybridized carbons (Fsp3) is 0.667. The van der Waals surface area contributed by atoms with Crippen LogP contribution in [-0.2, 0) is 14.8 Å². The topological polar surface area (TPSA) is 102 Å². The van der Waals surface area contributed by atoms with Crippen LogP contribution in [0.15, 0.2) is 23.1 Å². The third-order valence-corrected chi connectivity index (χ3v) is 9.36. The maximum absolute atomic E-state index is 13.1. The number of rotatable bonds is 4. The molecule has 3 fully saturated rings. The zero-order valence-electron chi connectivity index (χ0n) is 17.4. The number of benzene rings is 1. The number of nitrogens with two attached hydrogens (primary N) is 1. The summed E-state index contributed by atoms with van der Waals surface area (Å²) >= 11 is 0. The van der Waals surface area contributed by atoms with Gasteiger partial charge in [-0.3, -0.25) is 4.79 Å². The molecule has 7 nitrogen and oxygen atoms in total. The van der Waals surface area contributed by atoms with Gasteiger partial charge in [0.25, 0.3) is 5.91 Å². The van der Waals surface area contributed by atoms with Crippen molar-refractivity contribution in [3.8, 4) is 0 Å². The predicted molar refractivity (Wildman–Crippen MR) is 111 cm³/mol. The van der Waals surface area contributed by atoms with E-state index in [9.17, 15) is 13.2 Å². The maximum atomic E-state index is 13.1. The molecule has 1 unspecified atom stereocenters. The van der Waals surface area contributed by atoms with E-state index in [0.717, 1.165) is 12.8 Å². The Hall–Kier alpha value is -1.64. The highest BCUT2D eigenvalue weighted by Gasteiger charge is 2.59. The van der Waals surface area contributed by atoms with Crippen molar-refractivity contribution in [1.82, 2.24) is 9.62 Å². The van der Waals surface area contributed by atoms with Crippen molar-refractivity contribution in [2.75, 3.05) is 32.0 Å². The summed E-state index contributed by atoms with van der Waals surface area (Å²) in [6.07, 6.45) is 3.45. The minimum atomic E-state index is -3.77. The Balaban J connectivity index is 1.60. The molecule has 1 saturated heterocycles. The zero-order chi connectivity index (χ0) is 21.0. The minimum Gasteiger partial charge on any atom is -0.398 e. The molecule has 1 amide bonds.